The van der Waals surface area contributed by atoms with Crippen LogP contribution < -0.4 is 9.47 Å². The lowest BCUT2D eigenvalue weighted by molar-refractivity contribution is 0.354. The minimum absolute atomic E-state index is 0.753. The van der Waals surface area contributed by atoms with Gasteiger partial charge in [0.05, 0.1) is 30.1 Å². The monoisotopic (exact) mass is 364 g/mol. The first-order valence-electron chi connectivity index (χ1n) is 8.50. The summed E-state index contributed by atoms with van der Waals surface area (Å²) in [4.78, 5) is 6.05. The van der Waals surface area contributed by atoms with Crippen molar-refractivity contribution in [3.8, 4) is 22.2 Å². The first-order chi connectivity index (χ1) is 12.8. The predicted molar refractivity (Wildman–Crippen MR) is 106 cm³/mol. The molecule has 0 bridgehead atoms. The zero-order valence-corrected chi connectivity index (χ0v) is 15.6. The Bertz CT molecular complexity index is 1020. The van der Waals surface area contributed by atoms with Crippen LogP contribution in [0.4, 0.5) is 0 Å². The molecule has 5 heteroatoms. The molecule has 0 atom stereocenters. The van der Waals surface area contributed by atoms with Crippen molar-refractivity contribution in [2.75, 3.05) is 14.2 Å². The SMILES string of the molecule is COc1ccc(CCn2c(-c3cccs3)nc3ccccc32)cc1OC. The highest BCUT2D eigenvalue weighted by Gasteiger charge is 2.13. The molecule has 26 heavy (non-hydrogen) atoms. The number of benzene rings is 2. The first kappa shape index (κ1) is 16.7. The second-order valence-corrected chi connectivity index (χ2v) is 6.94. The zero-order chi connectivity index (χ0) is 17.9. The molecule has 0 N–H and O–H groups in total. The van der Waals surface area contributed by atoms with Crippen molar-refractivity contribution in [1.82, 2.24) is 9.55 Å². The number of aromatic nitrogens is 2. The van der Waals surface area contributed by atoms with Gasteiger partial charge in [-0.25, -0.2) is 4.98 Å². The summed E-state index contributed by atoms with van der Waals surface area (Å²) >= 11 is 1.72. The van der Waals surface area contributed by atoms with Gasteiger partial charge in [0.2, 0.25) is 0 Å². The maximum Gasteiger partial charge on any atom is 0.160 e. The number of hydrogen-bond donors (Lipinski definition) is 0. The fourth-order valence-corrected chi connectivity index (χ4v) is 3.89. The average Bonchev–Trinajstić information content (AvgIpc) is 3.33. The Hall–Kier alpha value is -2.79. The van der Waals surface area contributed by atoms with Crippen LogP contribution in [0.15, 0.2) is 60.0 Å². The Labute approximate surface area is 156 Å². The minimum atomic E-state index is 0.753. The van der Waals surface area contributed by atoms with Crippen LogP contribution in [-0.4, -0.2) is 23.8 Å². The van der Waals surface area contributed by atoms with Crippen LogP contribution in [0.1, 0.15) is 5.56 Å². The third-order valence-corrected chi connectivity index (χ3v) is 5.33. The van der Waals surface area contributed by atoms with E-state index in [1.165, 1.54) is 10.4 Å². The summed E-state index contributed by atoms with van der Waals surface area (Å²) in [6, 6.07) is 18.6. The van der Waals surface area contributed by atoms with E-state index in [1.807, 2.05) is 18.2 Å². The number of fused-ring (bicyclic) bond motifs is 1. The van der Waals surface area contributed by atoms with E-state index in [0.29, 0.717) is 0 Å². The van der Waals surface area contributed by atoms with E-state index in [9.17, 15) is 0 Å². The van der Waals surface area contributed by atoms with Gasteiger partial charge < -0.3 is 14.0 Å². The van der Waals surface area contributed by atoms with Crippen LogP contribution in [0, 0.1) is 0 Å². The van der Waals surface area contributed by atoms with E-state index >= 15 is 0 Å². The number of para-hydroxylation sites is 2. The molecule has 4 aromatic rings. The number of thiophene rings is 1. The van der Waals surface area contributed by atoms with Gasteiger partial charge in [-0.1, -0.05) is 24.3 Å². The molecule has 0 aliphatic carbocycles. The normalized spacial score (nSPS) is 11.0. The molecule has 0 unspecified atom stereocenters. The fraction of sp³-hybridized carbons (Fsp3) is 0.190. The summed E-state index contributed by atoms with van der Waals surface area (Å²) in [5.41, 5.74) is 3.40. The van der Waals surface area contributed by atoms with Crippen molar-refractivity contribution >= 4 is 22.4 Å². The Morgan fingerprint density at radius 1 is 0.962 bits per heavy atom. The van der Waals surface area contributed by atoms with Crippen LogP contribution >= 0.6 is 11.3 Å². The van der Waals surface area contributed by atoms with Crippen LogP contribution in [0.25, 0.3) is 21.7 Å². The highest BCUT2D eigenvalue weighted by atomic mass is 32.1. The molecule has 0 aliphatic rings. The third-order valence-electron chi connectivity index (χ3n) is 4.47. The van der Waals surface area contributed by atoms with Crippen molar-refractivity contribution in [3.05, 3.63) is 65.5 Å². The van der Waals surface area contributed by atoms with Crippen LogP contribution in [0.3, 0.4) is 0 Å². The molecular weight excluding hydrogens is 344 g/mol. The molecule has 2 heterocycles. The van der Waals surface area contributed by atoms with Crippen LogP contribution in [-0.2, 0) is 13.0 Å². The first-order valence-corrected chi connectivity index (χ1v) is 9.38. The largest absolute Gasteiger partial charge is 0.493 e. The molecule has 0 spiro atoms. The molecule has 0 saturated heterocycles. The Balaban J connectivity index is 1.68. The summed E-state index contributed by atoms with van der Waals surface area (Å²) in [5, 5.41) is 2.09. The van der Waals surface area contributed by atoms with Crippen LogP contribution in [0.2, 0.25) is 0 Å². The maximum atomic E-state index is 5.42. The van der Waals surface area contributed by atoms with Crippen molar-refractivity contribution in [2.45, 2.75) is 13.0 Å². The summed E-state index contributed by atoms with van der Waals surface area (Å²) < 4.78 is 13.1. The topological polar surface area (TPSA) is 36.3 Å². The third kappa shape index (κ3) is 3.06. The molecule has 4 rings (SSSR count). The molecule has 2 aromatic carbocycles. The van der Waals surface area contributed by atoms with E-state index < -0.39 is 0 Å². The van der Waals surface area contributed by atoms with Crippen molar-refractivity contribution < 1.29 is 9.47 Å². The number of hydrogen-bond acceptors (Lipinski definition) is 4. The molecule has 0 aliphatic heterocycles. The summed E-state index contributed by atoms with van der Waals surface area (Å²) in [7, 11) is 3.32. The lowest BCUT2D eigenvalue weighted by atomic mass is 10.1. The van der Waals surface area contributed by atoms with Gasteiger partial charge in [0, 0.05) is 6.54 Å². The molecule has 0 radical (unpaired) electrons. The van der Waals surface area contributed by atoms with Gasteiger partial charge in [-0.05, 0) is 47.7 Å². The number of nitrogens with zero attached hydrogens (tertiary/aromatic N) is 2. The molecule has 4 nitrogen and oxygen atoms in total. The molecule has 132 valence electrons. The number of ether oxygens (including phenoxy) is 2. The second-order valence-electron chi connectivity index (χ2n) is 5.99. The standard InChI is InChI=1S/C21H20N2O2S/c1-24-18-10-9-15(14-19(18)25-2)11-12-23-17-7-4-3-6-16(17)22-21(23)20-8-5-13-26-20/h3-10,13-14H,11-12H2,1-2H3. The van der Waals surface area contributed by atoms with Crippen molar-refractivity contribution in [2.24, 2.45) is 0 Å². The van der Waals surface area contributed by atoms with Gasteiger partial charge in [-0.2, -0.15) is 0 Å². The Morgan fingerprint density at radius 3 is 2.58 bits per heavy atom. The molecule has 0 fully saturated rings. The van der Waals surface area contributed by atoms with Gasteiger partial charge in [0.25, 0.3) is 0 Å². The zero-order valence-electron chi connectivity index (χ0n) is 14.8. The van der Waals surface area contributed by atoms with Gasteiger partial charge in [0.1, 0.15) is 0 Å². The highest BCUT2D eigenvalue weighted by Crippen LogP contribution is 2.30. The maximum absolute atomic E-state index is 5.42. The Kier molecular flexibility index (Phi) is 4.63. The van der Waals surface area contributed by atoms with Gasteiger partial charge in [-0.3, -0.25) is 0 Å². The minimum Gasteiger partial charge on any atom is -0.493 e. The summed E-state index contributed by atoms with van der Waals surface area (Å²) in [6.07, 6.45) is 0.888. The number of rotatable bonds is 6. The van der Waals surface area contributed by atoms with Crippen molar-refractivity contribution in [1.29, 1.82) is 0 Å². The van der Waals surface area contributed by atoms with E-state index in [4.69, 9.17) is 14.5 Å². The Morgan fingerprint density at radius 2 is 1.81 bits per heavy atom. The van der Waals surface area contributed by atoms with Gasteiger partial charge in [-0.15, -0.1) is 11.3 Å². The average molecular weight is 364 g/mol. The molecular formula is C21H20N2O2S. The van der Waals surface area contributed by atoms with Crippen molar-refractivity contribution in [3.63, 3.8) is 0 Å². The lowest BCUT2D eigenvalue weighted by Gasteiger charge is -2.11. The quantitative estimate of drug-likeness (QED) is 0.482. The van der Waals surface area contributed by atoms with Gasteiger partial charge in [0.15, 0.2) is 17.3 Å². The molecule has 0 amide bonds. The van der Waals surface area contributed by atoms with E-state index in [1.54, 1.807) is 25.6 Å². The fourth-order valence-electron chi connectivity index (χ4n) is 3.17. The number of aryl methyl sites for hydroxylation is 2. The van der Waals surface area contributed by atoms with E-state index in [-0.39, 0.29) is 0 Å². The summed E-state index contributed by atoms with van der Waals surface area (Å²) in [5.74, 6) is 2.55. The highest BCUT2D eigenvalue weighted by molar-refractivity contribution is 7.13. The molecule has 2 aromatic heterocycles. The van der Waals surface area contributed by atoms with E-state index in [2.05, 4.69) is 46.3 Å². The van der Waals surface area contributed by atoms with Crippen LogP contribution in [0.5, 0.6) is 11.5 Å². The number of imidazole rings is 1. The summed E-state index contributed by atoms with van der Waals surface area (Å²) in [6.45, 7) is 0.850. The van der Waals surface area contributed by atoms with Gasteiger partial charge >= 0.3 is 0 Å². The number of methoxy groups -OCH3 is 2. The molecule has 0 saturated carbocycles. The predicted octanol–water partition coefficient (Wildman–Crippen LogP) is 5.02. The second kappa shape index (κ2) is 7.22. The van der Waals surface area contributed by atoms with E-state index in [0.717, 1.165) is 41.3 Å². The lowest BCUT2D eigenvalue weighted by Crippen LogP contribution is -2.03. The smallest absolute Gasteiger partial charge is 0.160 e.